The highest BCUT2D eigenvalue weighted by molar-refractivity contribution is 6.34. The van der Waals surface area contributed by atoms with Gasteiger partial charge in [0.05, 0.1) is 35.3 Å². The number of aromatic nitrogens is 1. The molecule has 37 heavy (non-hydrogen) atoms. The Morgan fingerprint density at radius 2 is 2.11 bits per heavy atom. The van der Waals surface area contributed by atoms with E-state index in [0.29, 0.717) is 55.7 Å². The predicted molar refractivity (Wildman–Crippen MR) is 141 cm³/mol. The third-order valence-electron chi connectivity index (χ3n) is 8.17. The summed E-state index contributed by atoms with van der Waals surface area (Å²) in [7, 11) is 1.65. The van der Waals surface area contributed by atoms with Crippen LogP contribution in [0.3, 0.4) is 0 Å². The molecule has 1 spiro atoms. The van der Waals surface area contributed by atoms with Gasteiger partial charge in [-0.3, -0.25) is 9.69 Å². The van der Waals surface area contributed by atoms with Gasteiger partial charge in [0.2, 0.25) is 0 Å². The van der Waals surface area contributed by atoms with Gasteiger partial charge in [0.1, 0.15) is 11.6 Å². The maximum absolute atomic E-state index is 16.0. The SMILES string of the molecule is CN(CCN1CCOCC1)C(=O)c1c(N)ccc(-c2cnc3c(c2Cl)[C@]2(CC[C@](C)(C#N)C2)CN3)c1F. The van der Waals surface area contributed by atoms with Crippen LogP contribution >= 0.6 is 11.6 Å². The van der Waals surface area contributed by atoms with Gasteiger partial charge in [-0.1, -0.05) is 11.6 Å². The number of nitrogens with two attached hydrogens (primary N) is 1. The van der Waals surface area contributed by atoms with Gasteiger partial charge < -0.3 is 20.7 Å². The zero-order chi connectivity index (χ0) is 26.4. The van der Waals surface area contributed by atoms with E-state index in [-0.39, 0.29) is 22.2 Å². The maximum Gasteiger partial charge on any atom is 0.258 e. The average Bonchev–Trinajstić information content (AvgIpc) is 3.44. The van der Waals surface area contributed by atoms with Crippen LogP contribution < -0.4 is 11.1 Å². The van der Waals surface area contributed by atoms with Gasteiger partial charge in [0.25, 0.3) is 5.91 Å². The van der Waals surface area contributed by atoms with Crippen LogP contribution in [-0.4, -0.2) is 73.7 Å². The first-order chi connectivity index (χ1) is 17.7. The monoisotopic (exact) mass is 526 g/mol. The van der Waals surface area contributed by atoms with Gasteiger partial charge in [-0.2, -0.15) is 5.26 Å². The van der Waals surface area contributed by atoms with Crippen molar-refractivity contribution in [3.63, 3.8) is 0 Å². The second kappa shape index (κ2) is 9.75. The number of carbonyl (C=O) groups excluding carboxylic acids is 1. The third kappa shape index (κ3) is 4.52. The third-order valence-corrected chi connectivity index (χ3v) is 8.57. The van der Waals surface area contributed by atoms with Crippen molar-refractivity contribution in [3.8, 4) is 17.2 Å². The number of nitrogens with zero attached hydrogens (tertiary/aromatic N) is 4. The molecule has 196 valence electrons. The molecule has 2 aliphatic heterocycles. The standard InChI is InChI=1S/C27H32ClFN6O2/c1-26(15-30)5-6-27(14-26)16-33-24-21(27)22(28)18(13-32-24)17-3-4-19(31)20(23(17)29)25(36)34(2)7-8-35-9-11-37-12-10-35/h3-4,13H,5-12,14,16,31H2,1-2H3,(H,32,33)/t26-,27-/m0/s1. The summed E-state index contributed by atoms with van der Waals surface area (Å²) in [6.45, 7) is 6.67. The number of pyridine rings is 1. The fourth-order valence-corrected chi connectivity index (χ4v) is 6.40. The van der Waals surface area contributed by atoms with Crippen molar-refractivity contribution < 1.29 is 13.9 Å². The lowest BCUT2D eigenvalue weighted by Crippen LogP contribution is -2.42. The number of benzene rings is 1. The summed E-state index contributed by atoms with van der Waals surface area (Å²) >= 11 is 6.96. The highest BCUT2D eigenvalue weighted by Gasteiger charge is 2.52. The summed E-state index contributed by atoms with van der Waals surface area (Å²) in [6.07, 6.45) is 3.75. The number of carbonyl (C=O) groups is 1. The minimum Gasteiger partial charge on any atom is -0.398 e. The second-order valence-electron chi connectivity index (χ2n) is 10.8. The molecular weight excluding hydrogens is 495 g/mol. The number of hydrogen-bond acceptors (Lipinski definition) is 7. The van der Waals surface area contributed by atoms with Crippen LogP contribution in [0, 0.1) is 22.6 Å². The average molecular weight is 527 g/mol. The number of rotatable bonds is 5. The number of nitriles is 1. The van der Waals surface area contributed by atoms with Crippen LogP contribution in [-0.2, 0) is 10.2 Å². The van der Waals surface area contributed by atoms with Gasteiger partial charge in [-0.05, 0) is 38.3 Å². The van der Waals surface area contributed by atoms with E-state index >= 15 is 4.39 Å². The number of fused-ring (bicyclic) bond motifs is 2. The van der Waals surface area contributed by atoms with Crippen molar-refractivity contribution in [2.24, 2.45) is 5.41 Å². The van der Waals surface area contributed by atoms with Gasteiger partial charge >= 0.3 is 0 Å². The summed E-state index contributed by atoms with van der Waals surface area (Å²) in [5, 5.41) is 13.4. The lowest BCUT2D eigenvalue weighted by Gasteiger charge is -2.29. The van der Waals surface area contributed by atoms with Crippen LogP contribution in [0.2, 0.25) is 5.02 Å². The molecule has 8 nitrogen and oxygen atoms in total. The van der Waals surface area contributed by atoms with Crippen molar-refractivity contribution >= 4 is 29.0 Å². The number of nitrogen functional groups attached to an aromatic ring is 1. The normalized spacial score (nSPS) is 25.1. The van der Waals surface area contributed by atoms with Crippen molar-refractivity contribution in [3.05, 3.63) is 40.3 Å². The Bertz CT molecular complexity index is 1280. The van der Waals surface area contributed by atoms with E-state index < -0.39 is 17.1 Å². The first kappa shape index (κ1) is 25.7. The Balaban J connectivity index is 1.46. The molecule has 3 aliphatic rings. The Morgan fingerprint density at radius 1 is 1.35 bits per heavy atom. The Labute approximate surface area is 221 Å². The molecule has 0 unspecified atom stereocenters. The van der Waals surface area contributed by atoms with E-state index in [0.717, 1.165) is 31.5 Å². The number of amides is 1. The largest absolute Gasteiger partial charge is 0.398 e. The number of anilines is 2. The van der Waals surface area contributed by atoms with Gasteiger partial charge in [0.15, 0.2) is 0 Å². The molecule has 1 saturated carbocycles. The number of nitrogens with one attached hydrogen (secondary N) is 1. The number of morpholine rings is 1. The quantitative estimate of drug-likeness (QED) is 0.569. The van der Waals surface area contributed by atoms with Gasteiger partial charge in [0, 0.05) is 73.8 Å². The molecule has 5 rings (SSSR count). The first-order valence-electron chi connectivity index (χ1n) is 12.7. The Kier molecular flexibility index (Phi) is 6.77. The van der Waals surface area contributed by atoms with E-state index in [1.807, 2.05) is 6.92 Å². The second-order valence-corrected chi connectivity index (χ2v) is 11.1. The van der Waals surface area contributed by atoms with Crippen LogP contribution in [0.15, 0.2) is 18.3 Å². The Hall–Kier alpha value is -2.93. The molecule has 2 aromatic rings. The minimum absolute atomic E-state index is 0.0773. The summed E-state index contributed by atoms with van der Waals surface area (Å²) in [5.41, 5.74) is 6.68. The highest BCUT2D eigenvalue weighted by Crippen LogP contribution is 2.57. The molecule has 0 bridgehead atoms. The van der Waals surface area contributed by atoms with E-state index in [2.05, 4.69) is 21.3 Å². The molecule has 2 atom stereocenters. The zero-order valence-electron chi connectivity index (χ0n) is 21.2. The van der Waals surface area contributed by atoms with E-state index in [1.165, 1.54) is 11.1 Å². The first-order valence-corrected chi connectivity index (χ1v) is 13.0. The fraction of sp³-hybridized carbons (Fsp3) is 0.519. The van der Waals surface area contributed by atoms with E-state index in [4.69, 9.17) is 22.1 Å². The molecule has 0 radical (unpaired) electrons. The molecule has 1 amide bonds. The molecular formula is C27H32ClFN6O2. The lowest BCUT2D eigenvalue weighted by atomic mass is 9.77. The number of likely N-dealkylation sites (N-methyl/N-ethyl adjacent to an activating group) is 1. The van der Waals surface area contributed by atoms with Gasteiger partial charge in [-0.15, -0.1) is 0 Å². The van der Waals surface area contributed by atoms with Crippen molar-refractivity contribution in [1.29, 1.82) is 5.26 Å². The van der Waals surface area contributed by atoms with Gasteiger partial charge in [-0.25, -0.2) is 9.37 Å². The van der Waals surface area contributed by atoms with Crippen molar-refractivity contribution in [2.45, 2.75) is 31.6 Å². The van der Waals surface area contributed by atoms with E-state index in [9.17, 15) is 10.1 Å². The van der Waals surface area contributed by atoms with Crippen molar-refractivity contribution in [2.75, 3.05) is 64.0 Å². The maximum atomic E-state index is 16.0. The summed E-state index contributed by atoms with van der Waals surface area (Å²) in [4.78, 5) is 21.6. The molecule has 1 saturated heterocycles. The molecule has 1 aromatic heterocycles. The molecule has 3 heterocycles. The van der Waals surface area contributed by atoms with Crippen LogP contribution in [0.1, 0.15) is 42.1 Å². The molecule has 2 fully saturated rings. The number of halogens is 2. The van der Waals surface area contributed by atoms with Crippen LogP contribution in [0.25, 0.3) is 11.1 Å². The topological polar surface area (TPSA) is 108 Å². The van der Waals surface area contributed by atoms with Crippen LogP contribution in [0.4, 0.5) is 15.9 Å². The smallest absolute Gasteiger partial charge is 0.258 e. The molecule has 10 heteroatoms. The Morgan fingerprint density at radius 3 is 2.81 bits per heavy atom. The summed E-state index contributed by atoms with van der Waals surface area (Å²) in [6, 6.07) is 5.54. The highest BCUT2D eigenvalue weighted by atomic mass is 35.5. The summed E-state index contributed by atoms with van der Waals surface area (Å²) < 4.78 is 21.4. The van der Waals surface area contributed by atoms with Crippen molar-refractivity contribution in [1.82, 2.24) is 14.8 Å². The lowest BCUT2D eigenvalue weighted by molar-refractivity contribution is 0.0338. The zero-order valence-corrected chi connectivity index (χ0v) is 22.0. The number of ether oxygens (including phenoxy) is 1. The summed E-state index contributed by atoms with van der Waals surface area (Å²) in [5.74, 6) is -0.514. The molecule has 1 aromatic carbocycles. The molecule has 3 N–H and O–H groups in total. The van der Waals surface area contributed by atoms with E-state index in [1.54, 1.807) is 19.2 Å². The number of hydrogen-bond donors (Lipinski definition) is 2. The predicted octanol–water partition coefficient (Wildman–Crippen LogP) is 3.90. The minimum atomic E-state index is -0.708. The molecule has 1 aliphatic carbocycles. The fourth-order valence-electron chi connectivity index (χ4n) is 5.96. The van der Waals surface area contributed by atoms with Crippen LogP contribution in [0.5, 0.6) is 0 Å².